The van der Waals surface area contributed by atoms with Gasteiger partial charge >= 0.3 is 0 Å². The number of rotatable bonds is 4. The second-order valence-electron chi connectivity index (χ2n) is 15.9. The van der Waals surface area contributed by atoms with E-state index in [9.17, 15) is 0 Å². The molecule has 2 heterocycles. The molecule has 8 aromatic carbocycles. The van der Waals surface area contributed by atoms with Gasteiger partial charge in [0.15, 0.2) is 0 Å². The fourth-order valence-corrected chi connectivity index (χ4v) is 10.3. The molecule has 2 heteroatoms. The van der Waals surface area contributed by atoms with Gasteiger partial charge in [-0.1, -0.05) is 146 Å². The van der Waals surface area contributed by atoms with Crippen molar-refractivity contribution in [1.29, 1.82) is 0 Å². The van der Waals surface area contributed by atoms with Gasteiger partial charge in [0.1, 0.15) is 0 Å². The van der Waals surface area contributed by atoms with Crippen LogP contribution >= 0.6 is 0 Å². The number of aryl methyl sites for hydroxylation is 1. The second kappa shape index (κ2) is 12.6. The predicted molar refractivity (Wildman–Crippen MR) is 243 cm³/mol. The standard InChI is InChI=1S/C55H40N2/c1-35-14-2-5-17-41(35)55-47-31-29-39(56-50-22-10-6-18-42(50)43-19-7-11-23-51(43)56)33-48(47)54(38-27-26-36-15-3-4-16-37(36)32-38)46-30-28-40(34-49(46)55)57-52-24-12-8-20-44(52)45-21-9-13-25-53(45)57/h2-12,14-24,26-27,29-34,40H,13,25,28H2,1H3. The molecule has 270 valence electrons. The Morgan fingerprint density at radius 2 is 1.25 bits per heavy atom. The summed E-state index contributed by atoms with van der Waals surface area (Å²) < 4.78 is 5.13. The monoisotopic (exact) mass is 728 g/mol. The van der Waals surface area contributed by atoms with Crippen LogP contribution in [0.3, 0.4) is 0 Å². The van der Waals surface area contributed by atoms with Crippen LogP contribution in [0.25, 0.3) is 100 Å². The first-order valence-corrected chi connectivity index (χ1v) is 20.4. The summed E-state index contributed by atoms with van der Waals surface area (Å²) in [6.45, 7) is 2.27. The third kappa shape index (κ3) is 4.83. The third-order valence-corrected chi connectivity index (χ3v) is 12.8. The topological polar surface area (TPSA) is 9.86 Å². The number of aromatic nitrogens is 2. The van der Waals surface area contributed by atoms with Gasteiger partial charge in [-0.2, -0.15) is 0 Å². The first-order chi connectivity index (χ1) is 28.2. The van der Waals surface area contributed by atoms with E-state index in [1.165, 1.54) is 109 Å². The van der Waals surface area contributed by atoms with E-state index in [1.807, 2.05) is 0 Å². The van der Waals surface area contributed by atoms with Crippen molar-refractivity contribution in [2.24, 2.45) is 0 Å². The first kappa shape index (κ1) is 32.4. The number of allylic oxidation sites excluding steroid dienone is 1. The van der Waals surface area contributed by atoms with Gasteiger partial charge in [-0.25, -0.2) is 0 Å². The zero-order valence-corrected chi connectivity index (χ0v) is 31.9. The SMILES string of the molecule is Cc1ccccc1-c1c2c(c(-c3ccc4ccccc4c3)c3cc(-n4c5ccccc5c5ccccc54)ccc13)=CCC(n1c3c(c4ccccc41)C=CCC3)C=2. The molecule has 1 atom stereocenters. The normalized spacial score (nSPS) is 14.9. The summed E-state index contributed by atoms with van der Waals surface area (Å²) in [4.78, 5) is 0. The highest BCUT2D eigenvalue weighted by Crippen LogP contribution is 2.40. The van der Waals surface area contributed by atoms with Crippen LogP contribution in [0.15, 0.2) is 164 Å². The van der Waals surface area contributed by atoms with Crippen molar-refractivity contribution in [2.75, 3.05) is 0 Å². The van der Waals surface area contributed by atoms with Crippen molar-refractivity contribution < 1.29 is 0 Å². The molecule has 10 aromatic rings. The molecule has 0 fully saturated rings. The minimum atomic E-state index is 0.194. The zero-order chi connectivity index (χ0) is 37.6. The van der Waals surface area contributed by atoms with Crippen molar-refractivity contribution in [3.05, 3.63) is 191 Å². The Bertz CT molecular complexity index is 3410. The maximum atomic E-state index is 2.67. The highest BCUT2D eigenvalue weighted by atomic mass is 15.0. The summed E-state index contributed by atoms with van der Waals surface area (Å²) in [6, 6.07) is 58.9. The van der Waals surface area contributed by atoms with Crippen molar-refractivity contribution >= 4 is 72.5 Å². The minimum Gasteiger partial charge on any atom is -0.337 e. The smallest absolute Gasteiger partial charge is 0.0563 e. The lowest BCUT2D eigenvalue weighted by atomic mass is 9.84. The van der Waals surface area contributed by atoms with Gasteiger partial charge in [-0.3, -0.25) is 0 Å². The van der Waals surface area contributed by atoms with Gasteiger partial charge in [0.2, 0.25) is 0 Å². The quantitative estimate of drug-likeness (QED) is 0.171. The molecule has 1 unspecified atom stereocenters. The van der Waals surface area contributed by atoms with Crippen LogP contribution in [0.1, 0.15) is 35.7 Å². The van der Waals surface area contributed by atoms with E-state index in [2.05, 4.69) is 198 Å². The number of hydrogen-bond donors (Lipinski definition) is 0. The summed E-state index contributed by atoms with van der Waals surface area (Å²) in [5, 5.41) is 11.6. The highest BCUT2D eigenvalue weighted by molar-refractivity contribution is 6.11. The van der Waals surface area contributed by atoms with Gasteiger partial charge in [-0.15, -0.1) is 0 Å². The Morgan fingerprint density at radius 1 is 0.544 bits per heavy atom. The van der Waals surface area contributed by atoms with Gasteiger partial charge in [0, 0.05) is 38.6 Å². The lowest BCUT2D eigenvalue weighted by Gasteiger charge is -2.25. The molecule has 0 spiro atoms. The Balaban J connectivity index is 1.22. The summed E-state index contributed by atoms with van der Waals surface area (Å²) in [6.07, 6.45) is 13.0. The molecular formula is C55H40N2. The molecule has 2 aliphatic carbocycles. The molecule has 2 nitrogen and oxygen atoms in total. The van der Waals surface area contributed by atoms with Crippen molar-refractivity contribution in [3.63, 3.8) is 0 Å². The summed E-state index contributed by atoms with van der Waals surface area (Å²) >= 11 is 0. The van der Waals surface area contributed by atoms with E-state index in [4.69, 9.17) is 0 Å². The van der Waals surface area contributed by atoms with Crippen LogP contribution < -0.4 is 10.4 Å². The Hall–Kier alpha value is -6.90. The fraction of sp³-hybridized carbons (Fsp3) is 0.0909. The Morgan fingerprint density at radius 3 is 2.05 bits per heavy atom. The minimum absolute atomic E-state index is 0.194. The number of hydrogen-bond acceptors (Lipinski definition) is 0. The van der Waals surface area contributed by atoms with Crippen LogP contribution in [0.2, 0.25) is 0 Å². The summed E-state index contributed by atoms with van der Waals surface area (Å²) in [7, 11) is 0. The van der Waals surface area contributed by atoms with Gasteiger partial charge in [-0.05, 0) is 122 Å². The fourth-order valence-electron chi connectivity index (χ4n) is 10.3. The average molecular weight is 729 g/mol. The largest absolute Gasteiger partial charge is 0.337 e. The highest BCUT2D eigenvalue weighted by Gasteiger charge is 2.25. The molecule has 12 rings (SSSR count). The van der Waals surface area contributed by atoms with Gasteiger partial charge in [0.25, 0.3) is 0 Å². The van der Waals surface area contributed by atoms with E-state index in [1.54, 1.807) is 0 Å². The lowest BCUT2D eigenvalue weighted by Crippen LogP contribution is -2.34. The second-order valence-corrected chi connectivity index (χ2v) is 15.9. The first-order valence-electron chi connectivity index (χ1n) is 20.4. The molecule has 0 radical (unpaired) electrons. The third-order valence-electron chi connectivity index (χ3n) is 12.8. The maximum absolute atomic E-state index is 2.67. The van der Waals surface area contributed by atoms with Crippen molar-refractivity contribution in [2.45, 2.75) is 32.2 Å². The molecule has 0 saturated heterocycles. The molecule has 2 aromatic heterocycles. The van der Waals surface area contributed by atoms with Crippen LogP contribution in [-0.4, -0.2) is 9.13 Å². The van der Waals surface area contributed by atoms with Crippen molar-refractivity contribution in [1.82, 2.24) is 9.13 Å². The van der Waals surface area contributed by atoms with E-state index in [0.29, 0.717) is 0 Å². The zero-order valence-electron chi connectivity index (χ0n) is 31.9. The van der Waals surface area contributed by atoms with Gasteiger partial charge < -0.3 is 9.13 Å². The van der Waals surface area contributed by atoms with Gasteiger partial charge in [0.05, 0.1) is 17.1 Å². The van der Waals surface area contributed by atoms with E-state index in [0.717, 1.165) is 19.3 Å². The van der Waals surface area contributed by atoms with Crippen LogP contribution in [0.5, 0.6) is 0 Å². The van der Waals surface area contributed by atoms with Crippen LogP contribution in [0, 0.1) is 6.92 Å². The van der Waals surface area contributed by atoms with Crippen LogP contribution in [0.4, 0.5) is 0 Å². The van der Waals surface area contributed by atoms with E-state index in [-0.39, 0.29) is 6.04 Å². The average Bonchev–Trinajstić information content (AvgIpc) is 3.79. The van der Waals surface area contributed by atoms with E-state index >= 15 is 0 Å². The summed E-state index contributed by atoms with van der Waals surface area (Å²) in [5.74, 6) is 0. The molecular weight excluding hydrogens is 689 g/mol. The number of benzene rings is 8. The molecule has 0 aliphatic heterocycles. The van der Waals surface area contributed by atoms with Crippen molar-refractivity contribution in [3.8, 4) is 27.9 Å². The Labute approximate surface area is 331 Å². The summed E-state index contributed by atoms with van der Waals surface area (Å²) in [5.41, 5.74) is 14.3. The molecule has 2 aliphatic rings. The Kier molecular flexibility index (Phi) is 7.13. The predicted octanol–water partition coefficient (Wildman–Crippen LogP) is 12.9. The molecule has 0 amide bonds. The maximum Gasteiger partial charge on any atom is 0.0563 e. The molecule has 0 N–H and O–H groups in total. The number of para-hydroxylation sites is 3. The number of nitrogens with zero attached hydrogens (tertiary/aromatic N) is 2. The number of fused-ring (bicyclic) bond motifs is 9. The molecule has 0 bridgehead atoms. The van der Waals surface area contributed by atoms with E-state index < -0.39 is 0 Å². The molecule has 0 saturated carbocycles. The van der Waals surface area contributed by atoms with Crippen LogP contribution in [-0.2, 0) is 6.42 Å². The molecule has 57 heavy (non-hydrogen) atoms. The lowest BCUT2D eigenvalue weighted by molar-refractivity contribution is 0.636.